The van der Waals surface area contributed by atoms with E-state index < -0.39 is 30.6 Å². The molecule has 1 aliphatic heterocycles. The number of methoxy groups -OCH3 is 5. The number of nitrogens with zero attached hydrogens (tertiary/aromatic N) is 1. The second-order valence-electron chi connectivity index (χ2n) is 13.5. The third-order valence-corrected chi connectivity index (χ3v) is 10.2. The quantitative estimate of drug-likeness (QED) is 0.147. The standard InChI is InChI=1S/C42H52N2O10/c1-49-34-20-18-27(22-35(34)50-2)17-19-32(29-14-11-15-31(23-29)54-26-38(45)46)43-41(47)33-16-9-10-21-44(33)42(48)39(28-12-7-6-8-13-28)30-24-36(51-3)40(53-5)37(25-30)52-4/h7,11-12,14-15,18,20,22-25,28,32-33,39H,6,8-10,13,16-17,19,21,26H2,1-5H3,(H,43,47)(H,45,46)/t28-,32+,33?,39?/m0/s1. The lowest BCUT2D eigenvalue weighted by atomic mass is 9.78. The summed E-state index contributed by atoms with van der Waals surface area (Å²) in [5.74, 6) is 0.851. The predicted octanol–water partition coefficient (Wildman–Crippen LogP) is 6.50. The summed E-state index contributed by atoms with van der Waals surface area (Å²) in [6.07, 6.45) is 10.2. The van der Waals surface area contributed by atoms with Gasteiger partial charge in [-0.2, -0.15) is 0 Å². The highest BCUT2D eigenvalue weighted by Gasteiger charge is 2.40. The maximum atomic E-state index is 14.9. The number of piperidine rings is 1. The van der Waals surface area contributed by atoms with Crippen molar-refractivity contribution in [3.8, 4) is 34.5 Å². The van der Waals surface area contributed by atoms with Crippen molar-refractivity contribution in [1.29, 1.82) is 0 Å². The number of benzene rings is 3. The van der Waals surface area contributed by atoms with Crippen LogP contribution in [-0.4, -0.2) is 82.5 Å². The molecule has 3 aromatic carbocycles. The van der Waals surface area contributed by atoms with Crippen LogP contribution in [0, 0.1) is 5.92 Å². The number of hydrogen-bond acceptors (Lipinski definition) is 9. The zero-order valence-corrected chi connectivity index (χ0v) is 31.8. The second kappa shape index (κ2) is 19.1. The molecule has 2 unspecified atom stereocenters. The van der Waals surface area contributed by atoms with Crippen molar-refractivity contribution in [2.24, 2.45) is 5.92 Å². The maximum Gasteiger partial charge on any atom is 0.341 e. The number of likely N-dealkylation sites (tertiary alicyclic amines) is 1. The van der Waals surface area contributed by atoms with Crippen LogP contribution in [0.3, 0.4) is 0 Å². The molecule has 1 heterocycles. The summed E-state index contributed by atoms with van der Waals surface area (Å²) < 4.78 is 33.4. The Morgan fingerprint density at radius 3 is 2.20 bits per heavy atom. The molecule has 0 aromatic heterocycles. The Kier molecular flexibility index (Phi) is 14.1. The molecule has 0 radical (unpaired) electrons. The summed E-state index contributed by atoms with van der Waals surface area (Å²) in [4.78, 5) is 42.4. The van der Waals surface area contributed by atoms with Crippen molar-refractivity contribution < 1.29 is 47.9 Å². The Bertz CT molecular complexity index is 1770. The highest BCUT2D eigenvalue weighted by atomic mass is 16.5. The minimum atomic E-state index is -1.09. The van der Waals surface area contributed by atoms with E-state index in [1.165, 1.54) is 0 Å². The van der Waals surface area contributed by atoms with Crippen molar-refractivity contribution in [2.75, 3.05) is 48.7 Å². The van der Waals surface area contributed by atoms with Gasteiger partial charge in [-0.15, -0.1) is 0 Å². The van der Waals surface area contributed by atoms with Crippen LogP contribution in [0.25, 0.3) is 0 Å². The average molecular weight is 745 g/mol. The summed E-state index contributed by atoms with van der Waals surface area (Å²) in [6.45, 7) is -0.0440. The largest absolute Gasteiger partial charge is 0.493 e. The number of amides is 2. The Morgan fingerprint density at radius 2 is 1.56 bits per heavy atom. The minimum Gasteiger partial charge on any atom is -0.493 e. The van der Waals surface area contributed by atoms with Gasteiger partial charge in [-0.25, -0.2) is 4.79 Å². The highest BCUT2D eigenvalue weighted by molar-refractivity contribution is 5.91. The molecule has 290 valence electrons. The molecule has 12 nitrogen and oxygen atoms in total. The van der Waals surface area contributed by atoms with Gasteiger partial charge in [0.15, 0.2) is 29.6 Å². The van der Waals surface area contributed by atoms with Crippen LogP contribution < -0.4 is 33.7 Å². The molecule has 0 bridgehead atoms. The molecule has 2 aliphatic rings. The molecule has 0 spiro atoms. The number of aliphatic carboxylic acids is 1. The normalized spacial score (nSPS) is 17.8. The molecule has 2 N–H and O–H groups in total. The first-order valence-corrected chi connectivity index (χ1v) is 18.4. The monoisotopic (exact) mass is 744 g/mol. The van der Waals surface area contributed by atoms with Crippen molar-refractivity contribution >= 4 is 17.8 Å². The zero-order chi connectivity index (χ0) is 38.6. The fraction of sp³-hybridized carbons (Fsp3) is 0.452. The third kappa shape index (κ3) is 9.58. The zero-order valence-electron chi connectivity index (χ0n) is 31.8. The summed E-state index contributed by atoms with van der Waals surface area (Å²) in [6, 6.07) is 15.3. The molecule has 2 amide bonds. The lowest BCUT2D eigenvalue weighted by Crippen LogP contribution is -2.54. The first-order chi connectivity index (χ1) is 26.2. The fourth-order valence-electron chi connectivity index (χ4n) is 7.52. The first kappa shape index (κ1) is 39.8. The number of rotatable bonds is 17. The topological polar surface area (TPSA) is 142 Å². The van der Waals surface area contributed by atoms with E-state index in [4.69, 9.17) is 28.4 Å². The van der Waals surface area contributed by atoms with Gasteiger partial charge in [0.1, 0.15) is 11.8 Å². The van der Waals surface area contributed by atoms with Crippen molar-refractivity contribution in [1.82, 2.24) is 10.2 Å². The highest BCUT2D eigenvalue weighted by Crippen LogP contribution is 2.44. The van der Waals surface area contributed by atoms with Gasteiger partial charge in [0.2, 0.25) is 17.6 Å². The number of carboxylic acids is 1. The van der Waals surface area contributed by atoms with Crippen LogP contribution >= 0.6 is 0 Å². The van der Waals surface area contributed by atoms with E-state index in [1.807, 2.05) is 36.4 Å². The lowest BCUT2D eigenvalue weighted by molar-refractivity contribution is -0.144. The number of hydrogen-bond donors (Lipinski definition) is 2. The number of nitrogens with one attached hydrogen (secondary N) is 1. The van der Waals surface area contributed by atoms with E-state index in [9.17, 15) is 19.5 Å². The molecule has 4 atom stereocenters. The Morgan fingerprint density at radius 1 is 0.815 bits per heavy atom. The molecule has 0 saturated carbocycles. The van der Waals surface area contributed by atoms with E-state index in [0.29, 0.717) is 60.3 Å². The SMILES string of the molecule is COc1ccc(CC[C@@H](NC(=O)C2CCCCN2C(=O)C(c2cc(OC)c(OC)c(OC)c2)[C@H]2C=CCCC2)c2cccc(OCC(=O)O)c2)cc1OC. The molecule has 5 rings (SSSR count). The number of carbonyl (C=O) groups is 3. The number of carboxylic acid groups (broad SMARTS) is 1. The number of allylic oxidation sites excluding steroid dienone is 2. The fourth-order valence-corrected chi connectivity index (χ4v) is 7.52. The number of aryl methyl sites for hydroxylation is 1. The van der Waals surface area contributed by atoms with Crippen LogP contribution in [0.15, 0.2) is 66.7 Å². The number of ether oxygens (including phenoxy) is 6. The van der Waals surface area contributed by atoms with Gasteiger partial charge in [0, 0.05) is 6.54 Å². The van der Waals surface area contributed by atoms with Gasteiger partial charge in [-0.05, 0) is 110 Å². The van der Waals surface area contributed by atoms with Crippen molar-refractivity contribution in [3.63, 3.8) is 0 Å². The average Bonchev–Trinajstić information content (AvgIpc) is 3.21. The van der Waals surface area contributed by atoms with E-state index in [-0.39, 0.29) is 17.7 Å². The maximum absolute atomic E-state index is 14.9. The molecular weight excluding hydrogens is 692 g/mol. The molecule has 1 fully saturated rings. The number of carbonyl (C=O) groups excluding carboxylic acids is 2. The van der Waals surface area contributed by atoms with Crippen LogP contribution in [0.5, 0.6) is 34.5 Å². The Labute approximate surface area is 317 Å². The van der Waals surface area contributed by atoms with Gasteiger partial charge in [0.25, 0.3) is 0 Å². The van der Waals surface area contributed by atoms with Gasteiger partial charge in [-0.1, -0.05) is 30.4 Å². The van der Waals surface area contributed by atoms with E-state index in [2.05, 4.69) is 17.5 Å². The van der Waals surface area contributed by atoms with Crippen LogP contribution in [-0.2, 0) is 20.8 Å². The lowest BCUT2D eigenvalue weighted by Gasteiger charge is -2.39. The van der Waals surface area contributed by atoms with E-state index >= 15 is 0 Å². The van der Waals surface area contributed by atoms with Crippen LogP contribution in [0.2, 0.25) is 0 Å². The molecule has 54 heavy (non-hydrogen) atoms. The van der Waals surface area contributed by atoms with E-state index in [0.717, 1.165) is 48.8 Å². The van der Waals surface area contributed by atoms with Gasteiger partial charge in [-0.3, -0.25) is 9.59 Å². The molecule has 1 aliphatic carbocycles. The van der Waals surface area contributed by atoms with E-state index in [1.54, 1.807) is 58.6 Å². The van der Waals surface area contributed by atoms with Gasteiger partial charge in [0.05, 0.1) is 47.5 Å². The Balaban J connectivity index is 1.46. The summed E-state index contributed by atoms with van der Waals surface area (Å²) >= 11 is 0. The predicted molar refractivity (Wildman–Crippen MR) is 203 cm³/mol. The van der Waals surface area contributed by atoms with Crippen LogP contribution in [0.1, 0.15) is 73.6 Å². The second-order valence-corrected chi connectivity index (χ2v) is 13.5. The van der Waals surface area contributed by atoms with Gasteiger partial charge >= 0.3 is 5.97 Å². The van der Waals surface area contributed by atoms with Crippen LogP contribution in [0.4, 0.5) is 0 Å². The van der Waals surface area contributed by atoms with Crippen molar-refractivity contribution in [3.05, 3.63) is 83.4 Å². The molecular formula is C42H52N2O10. The molecule has 1 saturated heterocycles. The van der Waals surface area contributed by atoms with Crippen molar-refractivity contribution in [2.45, 2.75) is 69.4 Å². The summed E-state index contributed by atoms with van der Waals surface area (Å²) in [5, 5.41) is 12.5. The third-order valence-electron chi connectivity index (χ3n) is 10.2. The minimum absolute atomic E-state index is 0.0810. The molecule has 3 aromatic rings. The summed E-state index contributed by atoms with van der Waals surface area (Å²) in [7, 11) is 7.82. The summed E-state index contributed by atoms with van der Waals surface area (Å²) in [5.41, 5.74) is 2.47. The van der Waals surface area contributed by atoms with Gasteiger partial charge < -0.3 is 43.7 Å². The first-order valence-electron chi connectivity index (χ1n) is 18.4. The smallest absolute Gasteiger partial charge is 0.341 e. The Hall–Kier alpha value is -5.39. The molecule has 12 heteroatoms.